The number of rotatable bonds is 13. The highest BCUT2D eigenvalue weighted by Crippen LogP contribution is 2.26. The standard InChI is InChI=1S/C19H30N4O4.C9H9FO.C2H6/c1-14-5-6-17(27-14)19(25)23-15-7-10-21-16(13-15)18(24)22-9-4-12-26-11-3-8-20-2;10-7-2-1-3-9(6-7)11-8-4-5-8;1-2/h7,10,13-14,17,20H,3-6,8-9,11-12H2,1-2H3,(H,22,24)(H,21,23,25);1-3,6,8H,4-5H2;1-2H3. The van der Waals surface area contributed by atoms with Gasteiger partial charge in [-0.2, -0.15) is 0 Å². The van der Waals surface area contributed by atoms with Gasteiger partial charge in [0, 0.05) is 37.7 Å². The van der Waals surface area contributed by atoms with Crippen LogP contribution in [0.5, 0.6) is 5.75 Å². The van der Waals surface area contributed by atoms with Gasteiger partial charge in [0.15, 0.2) is 0 Å². The second-order valence-electron chi connectivity index (χ2n) is 9.39. The van der Waals surface area contributed by atoms with Gasteiger partial charge in [-0.05, 0) is 83.3 Å². The first kappa shape index (κ1) is 33.1. The van der Waals surface area contributed by atoms with E-state index in [9.17, 15) is 14.0 Å². The molecule has 3 N–H and O–H groups in total. The second kappa shape index (κ2) is 19.1. The van der Waals surface area contributed by atoms with Crippen LogP contribution in [0.3, 0.4) is 0 Å². The molecule has 4 rings (SSSR count). The van der Waals surface area contributed by atoms with Crippen molar-refractivity contribution in [2.75, 3.05) is 38.7 Å². The van der Waals surface area contributed by atoms with Crippen LogP contribution < -0.4 is 20.7 Å². The van der Waals surface area contributed by atoms with E-state index in [1.807, 2.05) is 27.8 Å². The summed E-state index contributed by atoms with van der Waals surface area (Å²) in [5.41, 5.74) is 0.805. The van der Waals surface area contributed by atoms with E-state index in [0.717, 1.165) is 38.6 Å². The van der Waals surface area contributed by atoms with Crippen molar-refractivity contribution < 1.29 is 28.2 Å². The monoisotopic (exact) mass is 560 g/mol. The number of benzene rings is 1. The van der Waals surface area contributed by atoms with Crippen LogP contribution in [0.15, 0.2) is 42.6 Å². The largest absolute Gasteiger partial charge is 0.490 e. The minimum absolute atomic E-state index is 0.104. The lowest BCUT2D eigenvalue weighted by atomic mass is 10.2. The van der Waals surface area contributed by atoms with Gasteiger partial charge in [0.2, 0.25) is 0 Å². The zero-order valence-corrected chi connectivity index (χ0v) is 24.2. The zero-order valence-electron chi connectivity index (χ0n) is 24.2. The lowest BCUT2D eigenvalue weighted by Crippen LogP contribution is -2.28. The molecule has 1 aromatic heterocycles. The lowest BCUT2D eigenvalue weighted by molar-refractivity contribution is -0.126. The highest BCUT2D eigenvalue weighted by molar-refractivity contribution is 5.97. The molecule has 1 saturated heterocycles. The number of anilines is 1. The number of nitrogens with zero attached hydrogens (tertiary/aromatic N) is 1. The van der Waals surface area contributed by atoms with Crippen molar-refractivity contribution in [3.05, 3.63) is 54.1 Å². The summed E-state index contributed by atoms with van der Waals surface area (Å²) >= 11 is 0. The first-order valence-electron chi connectivity index (χ1n) is 14.3. The van der Waals surface area contributed by atoms with E-state index >= 15 is 0 Å². The van der Waals surface area contributed by atoms with Crippen LogP contribution in [0.2, 0.25) is 0 Å². The van der Waals surface area contributed by atoms with Crippen LogP contribution in [0.1, 0.15) is 69.8 Å². The number of amides is 2. The van der Waals surface area contributed by atoms with Crippen molar-refractivity contribution in [2.45, 2.75) is 77.6 Å². The Bertz CT molecular complexity index is 1020. The number of hydrogen-bond donors (Lipinski definition) is 3. The predicted molar refractivity (Wildman–Crippen MR) is 154 cm³/mol. The maximum absolute atomic E-state index is 12.6. The third-order valence-electron chi connectivity index (χ3n) is 5.87. The van der Waals surface area contributed by atoms with Gasteiger partial charge in [0.25, 0.3) is 11.8 Å². The molecule has 0 spiro atoms. The van der Waals surface area contributed by atoms with Gasteiger partial charge < -0.3 is 30.2 Å². The maximum Gasteiger partial charge on any atom is 0.269 e. The number of carbonyl (C=O) groups is 2. The molecule has 1 aliphatic carbocycles. The normalized spacial score (nSPS) is 17.5. The van der Waals surface area contributed by atoms with Crippen molar-refractivity contribution in [3.63, 3.8) is 0 Å². The molecule has 2 heterocycles. The van der Waals surface area contributed by atoms with Crippen molar-refractivity contribution in [1.29, 1.82) is 0 Å². The van der Waals surface area contributed by atoms with Gasteiger partial charge in [-0.1, -0.05) is 19.9 Å². The van der Waals surface area contributed by atoms with Gasteiger partial charge in [-0.3, -0.25) is 14.6 Å². The Morgan fingerprint density at radius 1 is 1.05 bits per heavy atom. The Morgan fingerprint density at radius 2 is 1.80 bits per heavy atom. The molecule has 2 aromatic rings. The molecular weight excluding hydrogens is 515 g/mol. The van der Waals surface area contributed by atoms with E-state index in [0.29, 0.717) is 43.7 Å². The highest BCUT2D eigenvalue weighted by atomic mass is 19.1. The van der Waals surface area contributed by atoms with Crippen LogP contribution in [-0.4, -0.2) is 68.5 Å². The van der Waals surface area contributed by atoms with Gasteiger partial charge in [0.1, 0.15) is 23.4 Å². The van der Waals surface area contributed by atoms with E-state index in [-0.39, 0.29) is 29.4 Å². The van der Waals surface area contributed by atoms with Crippen LogP contribution in [-0.2, 0) is 14.3 Å². The van der Waals surface area contributed by atoms with Gasteiger partial charge in [-0.15, -0.1) is 0 Å². The summed E-state index contributed by atoms with van der Waals surface area (Å²) in [7, 11) is 1.91. The van der Waals surface area contributed by atoms with Crippen LogP contribution in [0.4, 0.5) is 10.1 Å². The summed E-state index contributed by atoms with van der Waals surface area (Å²) in [5.74, 6) is -0.0463. The molecule has 222 valence electrons. The first-order chi connectivity index (χ1) is 19.4. The molecule has 0 bridgehead atoms. The summed E-state index contributed by atoms with van der Waals surface area (Å²) in [6, 6.07) is 9.50. The SMILES string of the molecule is CC.CNCCCOCCCNC(=O)c1cc(NC(=O)C2CCC(C)O2)ccn1.Fc1cccc(OC2CC2)c1. The van der Waals surface area contributed by atoms with Crippen LogP contribution >= 0.6 is 0 Å². The fourth-order valence-electron chi connectivity index (χ4n) is 3.69. The van der Waals surface area contributed by atoms with Crippen LogP contribution in [0.25, 0.3) is 0 Å². The molecule has 9 nitrogen and oxygen atoms in total. The Kier molecular flexibility index (Phi) is 15.8. The fourth-order valence-corrected chi connectivity index (χ4v) is 3.69. The Morgan fingerprint density at radius 3 is 2.45 bits per heavy atom. The molecule has 2 amide bonds. The van der Waals surface area contributed by atoms with Gasteiger partial charge in [-0.25, -0.2) is 4.39 Å². The molecule has 1 aliphatic heterocycles. The smallest absolute Gasteiger partial charge is 0.269 e. The average Bonchev–Trinajstić information content (AvgIpc) is 3.67. The lowest BCUT2D eigenvalue weighted by Gasteiger charge is -2.12. The molecule has 1 aromatic carbocycles. The van der Waals surface area contributed by atoms with Crippen LogP contribution in [0, 0.1) is 5.82 Å². The van der Waals surface area contributed by atoms with E-state index < -0.39 is 6.10 Å². The molecule has 2 fully saturated rings. The number of nitrogens with one attached hydrogen (secondary N) is 3. The third-order valence-corrected chi connectivity index (χ3v) is 5.87. The Hall–Kier alpha value is -3.08. The molecule has 2 unspecified atom stereocenters. The van der Waals surface area contributed by atoms with Crippen molar-refractivity contribution in [2.24, 2.45) is 0 Å². The molecule has 40 heavy (non-hydrogen) atoms. The van der Waals surface area contributed by atoms with E-state index in [1.165, 1.54) is 18.3 Å². The molecular formula is C30H45FN4O5. The number of halogens is 1. The molecule has 1 saturated carbocycles. The number of aromatic nitrogens is 1. The number of pyridine rings is 1. The average molecular weight is 561 g/mol. The van der Waals surface area contributed by atoms with Crippen molar-refractivity contribution in [3.8, 4) is 5.75 Å². The topological polar surface area (TPSA) is 111 Å². The van der Waals surface area contributed by atoms with Crippen molar-refractivity contribution >= 4 is 17.5 Å². The summed E-state index contributed by atoms with van der Waals surface area (Å²) in [6.45, 7) is 8.71. The van der Waals surface area contributed by atoms with Gasteiger partial charge in [0.05, 0.1) is 12.2 Å². The predicted octanol–water partition coefficient (Wildman–Crippen LogP) is 4.73. The highest BCUT2D eigenvalue weighted by Gasteiger charge is 2.28. The van der Waals surface area contributed by atoms with E-state index in [1.54, 1.807) is 24.3 Å². The van der Waals surface area contributed by atoms with Crippen molar-refractivity contribution in [1.82, 2.24) is 15.6 Å². The summed E-state index contributed by atoms with van der Waals surface area (Å²) < 4.78 is 29.0. The third kappa shape index (κ3) is 13.3. The number of carbonyl (C=O) groups excluding carboxylic acids is 2. The zero-order chi connectivity index (χ0) is 29.2. The molecule has 0 radical (unpaired) electrons. The molecule has 2 aliphatic rings. The second-order valence-corrected chi connectivity index (χ2v) is 9.39. The summed E-state index contributed by atoms with van der Waals surface area (Å²) in [6.07, 6.45) is 7.03. The number of hydrogen-bond acceptors (Lipinski definition) is 7. The Labute approximate surface area is 237 Å². The molecule has 2 atom stereocenters. The van der Waals surface area contributed by atoms with E-state index in [2.05, 4.69) is 20.9 Å². The molecule has 10 heteroatoms. The summed E-state index contributed by atoms with van der Waals surface area (Å²) in [5, 5.41) is 8.66. The van der Waals surface area contributed by atoms with E-state index in [4.69, 9.17) is 14.2 Å². The fraction of sp³-hybridized carbons (Fsp3) is 0.567. The first-order valence-corrected chi connectivity index (χ1v) is 14.3. The van der Waals surface area contributed by atoms with Gasteiger partial charge >= 0.3 is 0 Å². The number of ether oxygens (including phenoxy) is 3. The minimum Gasteiger partial charge on any atom is -0.490 e. The minimum atomic E-state index is -0.432. The summed E-state index contributed by atoms with van der Waals surface area (Å²) in [4.78, 5) is 28.5. The quantitative estimate of drug-likeness (QED) is 0.304. The Balaban J connectivity index is 0.000000355. The maximum atomic E-state index is 12.6.